The SMILES string of the molecule is O=C(Nc1ccsc1)c1cccc(C(F)(F)F)c1F. The molecule has 1 N–H and O–H groups in total. The predicted molar refractivity (Wildman–Crippen MR) is 63.7 cm³/mol. The first kappa shape index (κ1) is 13.5. The Morgan fingerprint density at radius 2 is 1.95 bits per heavy atom. The molecule has 0 aliphatic carbocycles. The van der Waals surface area contributed by atoms with E-state index in [1.807, 2.05) is 0 Å². The normalized spacial score (nSPS) is 11.4. The maximum Gasteiger partial charge on any atom is 0.419 e. The third-order valence-electron chi connectivity index (χ3n) is 2.33. The van der Waals surface area contributed by atoms with E-state index in [0.717, 1.165) is 12.1 Å². The van der Waals surface area contributed by atoms with Crippen LogP contribution in [0, 0.1) is 5.82 Å². The van der Waals surface area contributed by atoms with Gasteiger partial charge in [0.05, 0.1) is 16.8 Å². The lowest BCUT2D eigenvalue weighted by Crippen LogP contribution is -2.17. The quantitative estimate of drug-likeness (QED) is 0.826. The first-order valence-electron chi connectivity index (χ1n) is 5.09. The van der Waals surface area contributed by atoms with Crippen LogP contribution in [0.2, 0.25) is 0 Å². The summed E-state index contributed by atoms with van der Waals surface area (Å²) in [6.07, 6.45) is -4.83. The Hall–Kier alpha value is -1.89. The Bertz CT molecular complexity index is 592. The molecule has 0 fully saturated rings. The summed E-state index contributed by atoms with van der Waals surface area (Å²) in [7, 11) is 0. The summed E-state index contributed by atoms with van der Waals surface area (Å²) in [4.78, 5) is 11.7. The number of nitrogens with one attached hydrogen (secondary N) is 1. The fourth-order valence-corrected chi connectivity index (χ4v) is 2.05. The number of hydrogen-bond donors (Lipinski definition) is 1. The maximum absolute atomic E-state index is 13.7. The molecular weight excluding hydrogens is 282 g/mol. The van der Waals surface area contributed by atoms with Crippen molar-refractivity contribution >= 4 is 22.9 Å². The Kier molecular flexibility index (Phi) is 3.57. The van der Waals surface area contributed by atoms with E-state index in [1.165, 1.54) is 11.3 Å². The first-order chi connectivity index (χ1) is 8.89. The molecule has 0 aliphatic rings. The Morgan fingerprint density at radius 3 is 2.53 bits per heavy atom. The average molecular weight is 289 g/mol. The molecule has 0 saturated heterocycles. The maximum atomic E-state index is 13.7. The lowest BCUT2D eigenvalue weighted by atomic mass is 10.1. The Labute approximate surface area is 109 Å². The molecule has 0 unspecified atom stereocenters. The summed E-state index contributed by atoms with van der Waals surface area (Å²) >= 11 is 1.30. The number of carbonyl (C=O) groups is 1. The molecule has 1 heterocycles. The summed E-state index contributed by atoms with van der Waals surface area (Å²) in [5.74, 6) is -2.48. The monoisotopic (exact) mass is 289 g/mol. The zero-order valence-electron chi connectivity index (χ0n) is 9.29. The van der Waals surface area contributed by atoms with Crippen LogP contribution in [0.15, 0.2) is 35.0 Å². The number of halogens is 4. The molecule has 0 spiro atoms. The van der Waals surface area contributed by atoms with E-state index in [2.05, 4.69) is 5.32 Å². The average Bonchev–Trinajstić information content (AvgIpc) is 2.80. The molecule has 0 atom stereocenters. The second-order valence-electron chi connectivity index (χ2n) is 3.63. The van der Waals surface area contributed by atoms with Gasteiger partial charge in [-0.2, -0.15) is 24.5 Å². The summed E-state index contributed by atoms with van der Waals surface area (Å²) in [5, 5.41) is 5.59. The molecule has 7 heteroatoms. The minimum Gasteiger partial charge on any atom is -0.321 e. The number of thiophene rings is 1. The zero-order valence-corrected chi connectivity index (χ0v) is 10.1. The molecule has 0 bridgehead atoms. The number of hydrogen-bond acceptors (Lipinski definition) is 2. The molecule has 0 radical (unpaired) electrons. The van der Waals surface area contributed by atoms with Gasteiger partial charge in [-0.25, -0.2) is 4.39 Å². The first-order valence-corrected chi connectivity index (χ1v) is 6.03. The van der Waals surface area contributed by atoms with Crippen molar-refractivity contribution in [2.24, 2.45) is 0 Å². The van der Waals surface area contributed by atoms with Crippen LogP contribution >= 0.6 is 11.3 Å². The van der Waals surface area contributed by atoms with E-state index >= 15 is 0 Å². The van der Waals surface area contributed by atoms with E-state index in [9.17, 15) is 22.4 Å². The van der Waals surface area contributed by atoms with Crippen molar-refractivity contribution in [1.29, 1.82) is 0 Å². The number of amides is 1. The number of rotatable bonds is 2. The summed E-state index contributed by atoms with van der Waals surface area (Å²) < 4.78 is 51.2. The van der Waals surface area contributed by atoms with Crippen LogP contribution in [0.4, 0.5) is 23.2 Å². The van der Waals surface area contributed by atoms with E-state index in [4.69, 9.17) is 0 Å². The van der Waals surface area contributed by atoms with Crippen LogP contribution in [0.3, 0.4) is 0 Å². The van der Waals surface area contributed by atoms with Gasteiger partial charge in [-0.05, 0) is 23.6 Å². The van der Waals surface area contributed by atoms with Crippen LogP contribution in [-0.4, -0.2) is 5.91 Å². The highest BCUT2D eigenvalue weighted by Gasteiger charge is 2.35. The van der Waals surface area contributed by atoms with Crippen LogP contribution in [0.25, 0.3) is 0 Å². The largest absolute Gasteiger partial charge is 0.419 e. The lowest BCUT2D eigenvalue weighted by molar-refractivity contribution is -0.140. The molecule has 100 valence electrons. The molecule has 0 aliphatic heterocycles. The van der Waals surface area contributed by atoms with Crippen molar-refractivity contribution in [1.82, 2.24) is 0 Å². The summed E-state index contributed by atoms with van der Waals surface area (Å²) in [5.41, 5.74) is -1.68. The second kappa shape index (κ2) is 5.00. The van der Waals surface area contributed by atoms with Gasteiger partial charge in [-0.1, -0.05) is 6.07 Å². The highest BCUT2D eigenvalue weighted by Crippen LogP contribution is 2.32. The van der Waals surface area contributed by atoms with Gasteiger partial charge in [0, 0.05) is 5.38 Å². The topological polar surface area (TPSA) is 29.1 Å². The minimum atomic E-state index is -4.83. The van der Waals surface area contributed by atoms with E-state index in [0.29, 0.717) is 11.8 Å². The molecule has 1 amide bonds. The van der Waals surface area contributed by atoms with Gasteiger partial charge in [0.15, 0.2) is 0 Å². The van der Waals surface area contributed by atoms with Gasteiger partial charge >= 0.3 is 6.18 Å². The van der Waals surface area contributed by atoms with Gasteiger partial charge < -0.3 is 5.32 Å². The fourth-order valence-electron chi connectivity index (χ4n) is 1.46. The van der Waals surface area contributed by atoms with Gasteiger partial charge in [0.2, 0.25) is 0 Å². The summed E-state index contributed by atoms with van der Waals surface area (Å²) in [6, 6.07) is 4.16. The van der Waals surface area contributed by atoms with Crippen molar-refractivity contribution in [3.63, 3.8) is 0 Å². The molecular formula is C12H7F4NOS. The van der Waals surface area contributed by atoms with Crippen LogP contribution in [0.5, 0.6) is 0 Å². The van der Waals surface area contributed by atoms with Gasteiger partial charge in [-0.3, -0.25) is 4.79 Å². The number of carbonyl (C=O) groups excluding carboxylic acids is 1. The molecule has 19 heavy (non-hydrogen) atoms. The standard InChI is InChI=1S/C12H7F4NOS/c13-10-8(2-1-3-9(10)12(14,15)16)11(18)17-7-4-5-19-6-7/h1-6H,(H,17,18). The number of anilines is 1. The van der Waals surface area contributed by atoms with Crippen molar-refractivity contribution in [2.75, 3.05) is 5.32 Å². The highest BCUT2D eigenvalue weighted by molar-refractivity contribution is 7.08. The van der Waals surface area contributed by atoms with Crippen LogP contribution < -0.4 is 5.32 Å². The van der Waals surface area contributed by atoms with Crippen molar-refractivity contribution in [3.8, 4) is 0 Å². The van der Waals surface area contributed by atoms with Gasteiger partial charge in [0.25, 0.3) is 5.91 Å². The molecule has 0 saturated carbocycles. The lowest BCUT2D eigenvalue weighted by Gasteiger charge is -2.10. The van der Waals surface area contributed by atoms with E-state index < -0.39 is 29.0 Å². The fraction of sp³-hybridized carbons (Fsp3) is 0.0833. The number of benzene rings is 1. The smallest absolute Gasteiger partial charge is 0.321 e. The van der Waals surface area contributed by atoms with Crippen LogP contribution in [-0.2, 0) is 6.18 Å². The molecule has 2 aromatic rings. The zero-order chi connectivity index (χ0) is 14.0. The van der Waals surface area contributed by atoms with Gasteiger partial charge in [0.1, 0.15) is 5.82 Å². The predicted octanol–water partition coefficient (Wildman–Crippen LogP) is 4.16. The highest BCUT2D eigenvalue weighted by atomic mass is 32.1. The Morgan fingerprint density at radius 1 is 1.21 bits per heavy atom. The molecule has 2 rings (SSSR count). The van der Waals surface area contributed by atoms with E-state index in [-0.39, 0.29) is 0 Å². The molecule has 1 aromatic carbocycles. The third kappa shape index (κ3) is 2.93. The van der Waals surface area contributed by atoms with Gasteiger partial charge in [-0.15, -0.1) is 0 Å². The Balaban J connectivity index is 2.33. The van der Waals surface area contributed by atoms with Crippen LogP contribution in [0.1, 0.15) is 15.9 Å². The molecule has 1 aromatic heterocycles. The molecule has 2 nitrogen and oxygen atoms in total. The number of alkyl halides is 3. The minimum absolute atomic E-state index is 0.409. The third-order valence-corrected chi connectivity index (χ3v) is 3.01. The second-order valence-corrected chi connectivity index (χ2v) is 4.41. The van der Waals surface area contributed by atoms with Crippen molar-refractivity contribution < 1.29 is 22.4 Å². The summed E-state index contributed by atoms with van der Waals surface area (Å²) in [6.45, 7) is 0. The van der Waals surface area contributed by atoms with E-state index in [1.54, 1.807) is 16.8 Å². The van der Waals surface area contributed by atoms with Crippen molar-refractivity contribution in [3.05, 3.63) is 52.0 Å². The van der Waals surface area contributed by atoms with Crippen molar-refractivity contribution in [2.45, 2.75) is 6.18 Å².